The van der Waals surface area contributed by atoms with Gasteiger partial charge in [-0.25, -0.2) is 0 Å². The topological polar surface area (TPSA) is 23.5 Å². The summed E-state index contributed by atoms with van der Waals surface area (Å²) in [4.78, 5) is 1.93. The van der Waals surface area contributed by atoms with Gasteiger partial charge in [0.15, 0.2) is 0 Å². The third-order valence-corrected chi connectivity index (χ3v) is 0.547. The van der Waals surface area contributed by atoms with Crippen LogP contribution in [0.15, 0.2) is 0 Å². The zero-order chi connectivity index (χ0) is 8.57. The van der Waals surface area contributed by atoms with E-state index in [9.17, 15) is 0 Å². The molecule has 0 rings (SSSR count). The lowest BCUT2D eigenvalue weighted by atomic mass is 10.3. The summed E-state index contributed by atoms with van der Waals surface area (Å²) in [5.41, 5.74) is 0. The SMILES string of the molecule is CC(C)C.CN(C)CCO. The number of hydrogen-bond donors (Lipinski definition) is 1. The van der Waals surface area contributed by atoms with E-state index in [0.717, 1.165) is 12.5 Å². The number of nitrogens with zero attached hydrogens (tertiary/aromatic N) is 1. The Kier molecular flexibility index (Phi) is 11.2. The second kappa shape index (κ2) is 8.92. The summed E-state index contributed by atoms with van der Waals surface area (Å²) in [6.07, 6.45) is 0. The van der Waals surface area contributed by atoms with Gasteiger partial charge in [-0.1, -0.05) is 20.8 Å². The van der Waals surface area contributed by atoms with Crippen molar-refractivity contribution in [3.8, 4) is 0 Å². The van der Waals surface area contributed by atoms with Crippen LogP contribution in [-0.4, -0.2) is 37.3 Å². The van der Waals surface area contributed by atoms with Gasteiger partial charge in [-0.2, -0.15) is 0 Å². The highest BCUT2D eigenvalue weighted by Gasteiger charge is 1.80. The molecular weight excluding hydrogens is 126 g/mol. The van der Waals surface area contributed by atoms with E-state index in [-0.39, 0.29) is 6.61 Å². The van der Waals surface area contributed by atoms with Gasteiger partial charge in [0, 0.05) is 6.54 Å². The number of rotatable bonds is 2. The molecule has 0 unspecified atom stereocenters. The maximum absolute atomic E-state index is 8.20. The van der Waals surface area contributed by atoms with E-state index in [1.54, 1.807) is 0 Å². The van der Waals surface area contributed by atoms with Crippen molar-refractivity contribution >= 4 is 0 Å². The van der Waals surface area contributed by atoms with Gasteiger partial charge in [-0.3, -0.25) is 0 Å². The molecule has 0 aromatic carbocycles. The molecule has 0 spiro atoms. The monoisotopic (exact) mass is 147 g/mol. The maximum atomic E-state index is 8.20. The van der Waals surface area contributed by atoms with Crippen LogP contribution in [0.4, 0.5) is 0 Å². The second-order valence-corrected chi connectivity index (χ2v) is 3.26. The molecule has 0 saturated carbocycles. The van der Waals surface area contributed by atoms with Gasteiger partial charge >= 0.3 is 0 Å². The lowest BCUT2D eigenvalue weighted by molar-refractivity contribution is 0.243. The normalized spacial score (nSPS) is 9.60. The first-order valence-corrected chi connectivity index (χ1v) is 3.76. The van der Waals surface area contributed by atoms with Crippen LogP contribution in [0.2, 0.25) is 0 Å². The summed E-state index contributed by atoms with van der Waals surface area (Å²) in [7, 11) is 3.85. The molecular formula is C8H21NO. The molecule has 64 valence electrons. The van der Waals surface area contributed by atoms with Gasteiger partial charge < -0.3 is 10.0 Å². The second-order valence-electron chi connectivity index (χ2n) is 3.26. The van der Waals surface area contributed by atoms with Crippen molar-refractivity contribution in [1.82, 2.24) is 4.90 Å². The van der Waals surface area contributed by atoms with Crippen LogP contribution in [-0.2, 0) is 0 Å². The molecule has 0 aliphatic heterocycles. The zero-order valence-electron chi connectivity index (χ0n) is 7.89. The van der Waals surface area contributed by atoms with E-state index >= 15 is 0 Å². The first-order chi connectivity index (χ1) is 4.50. The fourth-order valence-electron chi connectivity index (χ4n) is 0.200. The first-order valence-electron chi connectivity index (χ1n) is 3.76. The van der Waals surface area contributed by atoms with Gasteiger partial charge in [0.1, 0.15) is 0 Å². The average molecular weight is 147 g/mol. The van der Waals surface area contributed by atoms with Crippen LogP contribution < -0.4 is 0 Å². The average Bonchev–Trinajstić information content (AvgIpc) is 1.62. The van der Waals surface area contributed by atoms with Crippen LogP contribution in [0, 0.1) is 5.92 Å². The molecule has 0 aliphatic carbocycles. The minimum Gasteiger partial charge on any atom is -0.395 e. The standard InChI is InChI=1S/C4H11NO.C4H10/c1-5(2)3-4-6;1-4(2)3/h6H,3-4H2,1-2H3;4H,1-3H3. The maximum Gasteiger partial charge on any atom is 0.0558 e. The largest absolute Gasteiger partial charge is 0.395 e. The molecule has 0 saturated heterocycles. The van der Waals surface area contributed by atoms with Crippen molar-refractivity contribution in [3.05, 3.63) is 0 Å². The predicted octanol–water partition coefficient (Wildman–Crippen LogP) is 1.20. The molecule has 0 radical (unpaired) electrons. The third kappa shape index (κ3) is 44.5. The van der Waals surface area contributed by atoms with Crippen molar-refractivity contribution in [3.63, 3.8) is 0 Å². The Labute approximate surface area is 64.9 Å². The Bertz CT molecular complexity index is 50.5. The summed E-state index contributed by atoms with van der Waals surface area (Å²) >= 11 is 0. The summed E-state index contributed by atoms with van der Waals surface area (Å²) in [6, 6.07) is 0. The van der Waals surface area contributed by atoms with Crippen molar-refractivity contribution in [2.24, 2.45) is 5.92 Å². The van der Waals surface area contributed by atoms with Crippen molar-refractivity contribution in [1.29, 1.82) is 0 Å². The number of aliphatic hydroxyl groups is 1. The van der Waals surface area contributed by atoms with E-state index in [0.29, 0.717) is 0 Å². The Morgan fingerprint density at radius 1 is 1.20 bits per heavy atom. The van der Waals surface area contributed by atoms with Crippen molar-refractivity contribution in [2.75, 3.05) is 27.2 Å². The summed E-state index contributed by atoms with van der Waals surface area (Å²) in [5.74, 6) is 0.833. The van der Waals surface area contributed by atoms with Gasteiger partial charge in [0.05, 0.1) is 6.61 Å². The molecule has 0 aromatic heterocycles. The first kappa shape index (κ1) is 12.6. The number of likely N-dealkylation sites (N-methyl/N-ethyl adjacent to an activating group) is 1. The molecule has 0 bridgehead atoms. The Hall–Kier alpha value is -0.0800. The lowest BCUT2D eigenvalue weighted by Crippen LogP contribution is -2.15. The van der Waals surface area contributed by atoms with Gasteiger partial charge in [-0.05, 0) is 20.0 Å². The third-order valence-electron chi connectivity index (χ3n) is 0.547. The van der Waals surface area contributed by atoms with Crippen LogP contribution in [0.3, 0.4) is 0 Å². The van der Waals surface area contributed by atoms with E-state index < -0.39 is 0 Å². The molecule has 0 aliphatic rings. The van der Waals surface area contributed by atoms with Crippen LogP contribution in [0.1, 0.15) is 20.8 Å². The summed E-state index contributed by atoms with van der Waals surface area (Å²) in [5, 5.41) is 8.20. The Morgan fingerprint density at radius 2 is 1.50 bits per heavy atom. The molecule has 0 atom stereocenters. The van der Waals surface area contributed by atoms with Gasteiger partial charge in [0.25, 0.3) is 0 Å². The van der Waals surface area contributed by atoms with Crippen molar-refractivity contribution < 1.29 is 5.11 Å². The fraction of sp³-hybridized carbons (Fsp3) is 1.00. The molecule has 0 aromatic rings. The van der Waals surface area contributed by atoms with Crippen LogP contribution >= 0.6 is 0 Å². The minimum absolute atomic E-state index is 0.257. The fourth-order valence-corrected chi connectivity index (χ4v) is 0.200. The highest BCUT2D eigenvalue weighted by atomic mass is 16.3. The minimum atomic E-state index is 0.257. The molecule has 2 heteroatoms. The van der Waals surface area contributed by atoms with Crippen molar-refractivity contribution in [2.45, 2.75) is 20.8 Å². The summed E-state index contributed by atoms with van der Waals surface area (Å²) in [6.45, 7) is 7.52. The molecule has 10 heavy (non-hydrogen) atoms. The van der Waals surface area contributed by atoms with E-state index in [1.165, 1.54) is 0 Å². The molecule has 0 heterocycles. The zero-order valence-corrected chi connectivity index (χ0v) is 7.89. The van der Waals surface area contributed by atoms with Crippen LogP contribution in [0.25, 0.3) is 0 Å². The van der Waals surface area contributed by atoms with Gasteiger partial charge in [0.2, 0.25) is 0 Å². The quantitative estimate of drug-likeness (QED) is 0.634. The van der Waals surface area contributed by atoms with E-state index in [1.807, 2.05) is 19.0 Å². The molecule has 2 nitrogen and oxygen atoms in total. The predicted molar refractivity (Wildman–Crippen MR) is 46.2 cm³/mol. The lowest BCUT2D eigenvalue weighted by Gasteiger charge is -2.03. The van der Waals surface area contributed by atoms with Gasteiger partial charge in [-0.15, -0.1) is 0 Å². The Balaban J connectivity index is 0. The number of aliphatic hydroxyl groups excluding tert-OH is 1. The smallest absolute Gasteiger partial charge is 0.0558 e. The van der Waals surface area contributed by atoms with E-state index in [2.05, 4.69) is 20.8 Å². The molecule has 0 amide bonds. The Morgan fingerprint density at radius 3 is 1.50 bits per heavy atom. The van der Waals surface area contributed by atoms with Crippen LogP contribution in [0.5, 0.6) is 0 Å². The highest BCUT2D eigenvalue weighted by Crippen LogP contribution is 1.81. The highest BCUT2D eigenvalue weighted by molar-refractivity contribution is 4.34. The molecule has 1 N–H and O–H groups in total. The van der Waals surface area contributed by atoms with E-state index in [4.69, 9.17) is 5.11 Å². The summed E-state index contributed by atoms with van der Waals surface area (Å²) < 4.78 is 0. The number of hydrogen-bond acceptors (Lipinski definition) is 2. The molecule has 0 fully saturated rings.